The summed E-state index contributed by atoms with van der Waals surface area (Å²) >= 11 is 0. The third kappa shape index (κ3) is 4.74. The molecule has 2 aliphatic rings. The number of urea groups is 1. The molecular weight excluding hydrogens is 330 g/mol. The summed E-state index contributed by atoms with van der Waals surface area (Å²) in [6.45, 7) is 5.72. The summed E-state index contributed by atoms with van der Waals surface area (Å²) in [6, 6.07) is 8.86. The Hall–Kier alpha value is -2.12. The third-order valence-electron chi connectivity index (χ3n) is 5.43. The van der Waals surface area contributed by atoms with Gasteiger partial charge in [0.2, 0.25) is 5.91 Å². The van der Waals surface area contributed by atoms with Crippen molar-refractivity contribution in [1.82, 2.24) is 20.0 Å². The van der Waals surface area contributed by atoms with E-state index < -0.39 is 12.1 Å². The third-order valence-corrected chi connectivity index (χ3v) is 5.43. The van der Waals surface area contributed by atoms with Gasteiger partial charge in [-0.05, 0) is 19.0 Å². The Balaban J connectivity index is 1.60. The first-order chi connectivity index (χ1) is 12.5. The van der Waals surface area contributed by atoms with Crippen molar-refractivity contribution in [2.45, 2.75) is 24.9 Å². The zero-order valence-corrected chi connectivity index (χ0v) is 15.4. The molecule has 7 nitrogen and oxygen atoms in total. The molecule has 2 unspecified atom stereocenters. The molecule has 7 heteroatoms. The highest BCUT2D eigenvalue weighted by atomic mass is 16.2. The van der Waals surface area contributed by atoms with Crippen LogP contribution in [0.15, 0.2) is 30.3 Å². The summed E-state index contributed by atoms with van der Waals surface area (Å²) in [5.74, 6) is -0.0377. The quantitative estimate of drug-likeness (QED) is 0.782. The lowest BCUT2D eigenvalue weighted by Crippen LogP contribution is -2.52. The van der Waals surface area contributed by atoms with Crippen molar-refractivity contribution >= 4 is 11.9 Å². The Bertz CT molecular complexity index is 616. The van der Waals surface area contributed by atoms with Gasteiger partial charge in [-0.2, -0.15) is 0 Å². The van der Waals surface area contributed by atoms with Gasteiger partial charge in [0.1, 0.15) is 6.04 Å². The number of hydrogen-bond acceptors (Lipinski definition) is 4. The van der Waals surface area contributed by atoms with Gasteiger partial charge >= 0.3 is 6.03 Å². The minimum Gasteiger partial charge on any atom is -0.352 e. The summed E-state index contributed by atoms with van der Waals surface area (Å²) in [4.78, 5) is 31.1. The second-order valence-electron chi connectivity index (χ2n) is 7.32. The number of primary amides is 1. The lowest BCUT2D eigenvalue weighted by atomic mass is 10.0. The molecule has 2 heterocycles. The van der Waals surface area contributed by atoms with E-state index in [2.05, 4.69) is 22.2 Å². The first-order valence-corrected chi connectivity index (χ1v) is 9.34. The van der Waals surface area contributed by atoms with Crippen LogP contribution in [0.3, 0.4) is 0 Å². The van der Waals surface area contributed by atoms with Crippen molar-refractivity contribution in [2.24, 2.45) is 5.73 Å². The van der Waals surface area contributed by atoms with Crippen molar-refractivity contribution in [3.8, 4) is 0 Å². The second kappa shape index (κ2) is 8.51. The van der Waals surface area contributed by atoms with Gasteiger partial charge in [-0.1, -0.05) is 30.3 Å². The van der Waals surface area contributed by atoms with Crippen LogP contribution in [0.5, 0.6) is 0 Å². The lowest BCUT2D eigenvalue weighted by Gasteiger charge is -2.36. The number of nitrogens with one attached hydrogen (secondary N) is 1. The number of amides is 3. The molecule has 2 aliphatic heterocycles. The van der Waals surface area contributed by atoms with E-state index in [9.17, 15) is 9.59 Å². The predicted octanol–water partition coefficient (Wildman–Crippen LogP) is 0.114. The SMILES string of the molecule is CN1CCN(C2CCN(C(=O)C(Cc3ccccc3)NC(N)=O)C2)CC1. The highest BCUT2D eigenvalue weighted by molar-refractivity contribution is 5.87. The summed E-state index contributed by atoms with van der Waals surface area (Å²) in [5.41, 5.74) is 6.32. The van der Waals surface area contributed by atoms with Gasteiger partial charge in [-0.15, -0.1) is 0 Å². The molecule has 0 saturated carbocycles. The standard InChI is InChI=1S/C19H29N5O2/c1-22-9-11-23(12-10-22)16-7-8-24(14-16)18(25)17(21-19(20)26)13-15-5-3-2-4-6-15/h2-6,16-17H,7-14H2,1H3,(H3,20,21,26). The summed E-state index contributed by atoms with van der Waals surface area (Å²) in [7, 11) is 2.14. The topological polar surface area (TPSA) is 81.9 Å². The number of nitrogens with zero attached hydrogens (tertiary/aromatic N) is 3. The van der Waals surface area contributed by atoms with Crippen LogP contribution < -0.4 is 11.1 Å². The van der Waals surface area contributed by atoms with Gasteiger partial charge in [0.05, 0.1) is 0 Å². The van der Waals surface area contributed by atoms with Crippen LogP contribution in [0.1, 0.15) is 12.0 Å². The maximum atomic E-state index is 13.0. The lowest BCUT2D eigenvalue weighted by molar-refractivity contribution is -0.132. The number of carbonyl (C=O) groups is 2. The molecule has 2 atom stereocenters. The molecule has 142 valence electrons. The number of nitrogens with two attached hydrogens (primary N) is 1. The maximum absolute atomic E-state index is 13.0. The highest BCUT2D eigenvalue weighted by Crippen LogP contribution is 2.19. The molecule has 0 aliphatic carbocycles. The molecule has 2 saturated heterocycles. The fourth-order valence-corrected chi connectivity index (χ4v) is 3.87. The highest BCUT2D eigenvalue weighted by Gasteiger charge is 2.34. The minimum absolute atomic E-state index is 0.0377. The van der Waals surface area contributed by atoms with E-state index in [-0.39, 0.29) is 5.91 Å². The monoisotopic (exact) mass is 359 g/mol. The maximum Gasteiger partial charge on any atom is 0.312 e. The van der Waals surface area contributed by atoms with E-state index in [0.29, 0.717) is 12.5 Å². The van der Waals surface area contributed by atoms with Crippen LogP contribution in [0.25, 0.3) is 0 Å². The van der Waals surface area contributed by atoms with Gasteiger partial charge in [0.15, 0.2) is 0 Å². The Kier molecular flexibility index (Phi) is 6.11. The zero-order chi connectivity index (χ0) is 18.5. The van der Waals surface area contributed by atoms with Crippen molar-refractivity contribution in [3.63, 3.8) is 0 Å². The molecule has 0 radical (unpaired) electrons. The van der Waals surface area contributed by atoms with Gasteiger partial charge in [-0.25, -0.2) is 4.79 Å². The van der Waals surface area contributed by atoms with Gasteiger partial charge in [0.25, 0.3) is 0 Å². The molecule has 1 aromatic carbocycles. The average molecular weight is 359 g/mol. The number of benzene rings is 1. The Morgan fingerprint density at radius 3 is 2.50 bits per heavy atom. The van der Waals surface area contributed by atoms with Gasteiger partial charge in [-0.3, -0.25) is 9.69 Å². The molecule has 3 rings (SSSR count). The second-order valence-corrected chi connectivity index (χ2v) is 7.32. The fraction of sp³-hybridized carbons (Fsp3) is 0.579. The van der Waals surface area contributed by atoms with Crippen molar-refractivity contribution in [2.75, 3.05) is 46.3 Å². The van der Waals surface area contributed by atoms with E-state index in [1.165, 1.54) is 0 Å². The Labute approximate surface area is 155 Å². The minimum atomic E-state index is -0.658. The van der Waals surface area contributed by atoms with E-state index >= 15 is 0 Å². The van der Waals surface area contributed by atoms with Crippen LogP contribution in [-0.4, -0.2) is 85.0 Å². The smallest absolute Gasteiger partial charge is 0.312 e. The van der Waals surface area contributed by atoms with Crippen molar-refractivity contribution in [1.29, 1.82) is 0 Å². The van der Waals surface area contributed by atoms with E-state index in [0.717, 1.165) is 51.3 Å². The molecule has 0 bridgehead atoms. The van der Waals surface area contributed by atoms with Crippen LogP contribution >= 0.6 is 0 Å². The van der Waals surface area contributed by atoms with Crippen LogP contribution in [0, 0.1) is 0 Å². The molecular formula is C19H29N5O2. The molecule has 1 aromatic rings. The Morgan fingerprint density at radius 2 is 1.85 bits per heavy atom. The van der Waals surface area contributed by atoms with E-state index in [1.54, 1.807) is 0 Å². The van der Waals surface area contributed by atoms with Crippen LogP contribution in [-0.2, 0) is 11.2 Å². The number of likely N-dealkylation sites (N-methyl/N-ethyl adjacent to an activating group) is 1. The van der Waals surface area contributed by atoms with E-state index in [4.69, 9.17) is 5.73 Å². The van der Waals surface area contributed by atoms with Gasteiger partial charge in [0, 0.05) is 51.7 Å². The average Bonchev–Trinajstić information content (AvgIpc) is 3.12. The van der Waals surface area contributed by atoms with Crippen LogP contribution in [0.4, 0.5) is 4.79 Å². The normalized spacial score (nSPS) is 23.0. The first kappa shape index (κ1) is 18.7. The summed E-state index contributed by atoms with van der Waals surface area (Å²) in [6.07, 6.45) is 1.45. The zero-order valence-electron chi connectivity index (χ0n) is 15.4. The predicted molar refractivity (Wildman–Crippen MR) is 101 cm³/mol. The molecule has 0 spiro atoms. The fourth-order valence-electron chi connectivity index (χ4n) is 3.87. The Morgan fingerprint density at radius 1 is 1.15 bits per heavy atom. The number of rotatable bonds is 5. The van der Waals surface area contributed by atoms with Crippen molar-refractivity contribution in [3.05, 3.63) is 35.9 Å². The molecule has 26 heavy (non-hydrogen) atoms. The van der Waals surface area contributed by atoms with E-state index in [1.807, 2.05) is 35.2 Å². The number of hydrogen-bond donors (Lipinski definition) is 2. The molecule has 0 aromatic heterocycles. The molecule has 3 N–H and O–H groups in total. The number of likely N-dealkylation sites (tertiary alicyclic amines) is 1. The van der Waals surface area contributed by atoms with Crippen LogP contribution in [0.2, 0.25) is 0 Å². The number of piperazine rings is 1. The summed E-state index contributed by atoms with van der Waals surface area (Å²) < 4.78 is 0. The molecule has 3 amide bonds. The van der Waals surface area contributed by atoms with Crippen molar-refractivity contribution < 1.29 is 9.59 Å². The van der Waals surface area contributed by atoms with Gasteiger partial charge < -0.3 is 20.9 Å². The largest absolute Gasteiger partial charge is 0.352 e. The number of carbonyl (C=O) groups excluding carboxylic acids is 2. The summed E-state index contributed by atoms with van der Waals surface area (Å²) in [5, 5.41) is 2.63. The first-order valence-electron chi connectivity index (χ1n) is 9.34. The molecule has 2 fully saturated rings.